The molecule has 0 fully saturated rings. The van der Waals surface area contributed by atoms with E-state index in [0.717, 1.165) is 17.2 Å². The van der Waals surface area contributed by atoms with Gasteiger partial charge in [-0.2, -0.15) is 9.69 Å². The maximum absolute atomic E-state index is 11.3. The summed E-state index contributed by atoms with van der Waals surface area (Å²) in [4.78, 5) is 19.0. The van der Waals surface area contributed by atoms with Crippen LogP contribution in [0.3, 0.4) is 0 Å². The maximum atomic E-state index is 11.3. The third-order valence-corrected chi connectivity index (χ3v) is 2.51. The van der Waals surface area contributed by atoms with Gasteiger partial charge in [-0.05, 0) is 12.1 Å². The molecular weight excluding hydrogens is 251 g/mol. The Bertz CT molecular complexity index is 446. The Morgan fingerprint density at radius 2 is 1.88 bits per heavy atom. The number of rotatable bonds is 5. The number of hydroxylamine groups is 2. The highest BCUT2D eigenvalue weighted by Crippen LogP contribution is 2.44. The molecule has 0 radical (unpaired) electrons. The van der Waals surface area contributed by atoms with Crippen LogP contribution in [0.2, 0.25) is 0 Å². The molecule has 0 aliphatic carbocycles. The molecule has 0 heterocycles. The lowest BCUT2D eigenvalue weighted by atomic mass is 10.3. The van der Waals surface area contributed by atoms with Crippen molar-refractivity contribution in [2.24, 2.45) is 0 Å². The molecule has 0 saturated carbocycles. The third-order valence-electron chi connectivity index (χ3n) is 1.53. The van der Waals surface area contributed by atoms with Crippen molar-refractivity contribution in [2.45, 2.75) is 0 Å². The largest absolute Gasteiger partial charge is 0.544 e. The molecule has 0 amide bonds. The summed E-state index contributed by atoms with van der Waals surface area (Å²) in [5.41, 5.74) is -0.140. The van der Waals surface area contributed by atoms with E-state index in [1.807, 2.05) is 0 Å². The minimum absolute atomic E-state index is 0.00304. The predicted octanol–water partition coefficient (Wildman–Crippen LogP) is 1.57. The van der Waals surface area contributed by atoms with Crippen molar-refractivity contribution in [2.75, 3.05) is 14.1 Å². The number of nitro benzene ring substituents is 1. The summed E-state index contributed by atoms with van der Waals surface area (Å²) >= 11 is 0. The van der Waals surface area contributed by atoms with E-state index in [1.165, 1.54) is 26.2 Å². The summed E-state index contributed by atoms with van der Waals surface area (Å²) in [6.45, 7) is 0. The number of nitrogens with zero attached hydrogens (tertiary/aromatic N) is 2. The monoisotopic (exact) mass is 262 g/mol. The van der Waals surface area contributed by atoms with E-state index < -0.39 is 12.7 Å². The van der Waals surface area contributed by atoms with Gasteiger partial charge in [-0.25, -0.2) is 4.57 Å². The molecule has 94 valence electrons. The zero-order valence-corrected chi connectivity index (χ0v) is 10.0. The quantitative estimate of drug-likeness (QED) is 0.488. The summed E-state index contributed by atoms with van der Waals surface area (Å²) in [5, 5.41) is 11.4. The van der Waals surface area contributed by atoms with Crippen LogP contribution in [0.5, 0.6) is 5.75 Å². The normalized spacial score (nSPS) is 14.4. The topological polar surface area (TPSA) is 102 Å². The second-order valence-corrected chi connectivity index (χ2v) is 4.49. The minimum atomic E-state index is -4.25. The molecule has 1 aromatic carbocycles. The second-order valence-electron chi connectivity index (χ2n) is 3.20. The van der Waals surface area contributed by atoms with E-state index in [9.17, 15) is 19.6 Å². The van der Waals surface area contributed by atoms with E-state index in [-0.39, 0.29) is 11.4 Å². The van der Waals surface area contributed by atoms with Crippen molar-refractivity contribution < 1.29 is 23.5 Å². The molecule has 0 aliphatic rings. The highest BCUT2D eigenvalue weighted by atomic mass is 31.2. The summed E-state index contributed by atoms with van der Waals surface area (Å²) < 4.78 is 20.5. The molecule has 0 aliphatic heterocycles. The number of phosphoric ester groups is 1. The van der Waals surface area contributed by atoms with Crippen LogP contribution in [-0.4, -0.2) is 29.0 Å². The number of nitro groups is 1. The van der Waals surface area contributed by atoms with Gasteiger partial charge in [0.15, 0.2) is 0 Å². The first-order chi connectivity index (χ1) is 7.80. The van der Waals surface area contributed by atoms with Crippen LogP contribution < -0.4 is 4.52 Å². The van der Waals surface area contributed by atoms with E-state index >= 15 is 0 Å². The van der Waals surface area contributed by atoms with Gasteiger partial charge in [-0.1, -0.05) is 0 Å². The maximum Gasteiger partial charge on any atom is 0.544 e. The van der Waals surface area contributed by atoms with Crippen LogP contribution >= 0.6 is 7.82 Å². The number of hydrogen-bond donors (Lipinski definition) is 1. The summed E-state index contributed by atoms with van der Waals surface area (Å²) in [6.07, 6.45) is 0. The molecule has 17 heavy (non-hydrogen) atoms. The Hall–Kier alpha value is -1.47. The Balaban J connectivity index is 2.75. The van der Waals surface area contributed by atoms with Gasteiger partial charge in [0, 0.05) is 26.2 Å². The highest BCUT2D eigenvalue weighted by molar-refractivity contribution is 7.47. The summed E-state index contributed by atoms with van der Waals surface area (Å²) in [6, 6.07) is 4.73. The molecule has 1 N–H and O–H groups in total. The fourth-order valence-electron chi connectivity index (χ4n) is 0.985. The molecular formula is C8H11N2O6P. The Morgan fingerprint density at radius 1 is 1.35 bits per heavy atom. The zero-order valence-electron chi connectivity index (χ0n) is 9.14. The first-order valence-electron chi connectivity index (χ1n) is 4.44. The standard InChI is InChI=1S/C8H11N2O6P/c1-9(2)16-17(13,14)15-8-5-3-7(4-6-8)10(11)12/h3-6H,1-2H3,(H,13,14). The van der Waals surface area contributed by atoms with Crippen LogP contribution in [0, 0.1) is 10.1 Å². The molecule has 1 atom stereocenters. The van der Waals surface area contributed by atoms with Gasteiger partial charge in [0.2, 0.25) is 0 Å². The van der Waals surface area contributed by atoms with Crippen LogP contribution in [-0.2, 0) is 9.19 Å². The summed E-state index contributed by atoms with van der Waals surface area (Å²) in [5.74, 6) is 0.00304. The molecule has 1 rings (SSSR count). The van der Waals surface area contributed by atoms with Crippen LogP contribution in [0.25, 0.3) is 0 Å². The van der Waals surface area contributed by atoms with Crippen LogP contribution in [0.4, 0.5) is 5.69 Å². The molecule has 0 spiro atoms. The van der Waals surface area contributed by atoms with Crippen molar-refractivity contribution in [3.63, 3.8) is 0 Å². The lowest BCUT2D eigenvalue weighted by Crippen LogP contribution is -2.12. The molecule has 0 bridgehead atoms. The highest BCUT2D eigenvalue weighted by Gasteiger charge is 2.25. The van der Waals surface area contributed by atoms with Crippen molar-refractivity contribution in [1.82, 2.24) is 5.06 Å². The van der Waals surface area contributed by atoms with E-state index in [4.69, 9.17) is 0 Å². The Morgan fingerprint density at radius 3 is 2.29 bits per heavy atom. The number of hydrogen-bond acceptors (Lipinski definition) is 6. The van der Waals surface area contributed by atoms with Crippen molar-refractivity contribution in [3.05, 3.63) is 34.4 Å². The SMILES string of the molecule is CN(C)OP(=O)(O)Oc1ccc([N+](=O)[O-])cc1. The van der Waals surface area contributed by atoms with Crippen LogP contribution in [0.15, 0.2) is 24.3 Å². The first-order valence-corrected chi connectivity index (χ1v) is 5.93. The van der Waals surface area contributed by atoms with Gasteiger partial charge in [0.1, 0.15) is 5.75 Å². The first kappa shape index (κ1) is 13.6. The van der Waals surface area contributed by atoms with Crippen molar-refractivity contribution in [1.29, 1.82) is 0 Å². The molecule has 1 aromatic rings. The smallest absolute Gasteiger partial charge is 0.403 e. The lowest BCUT2D eigenvalue weighted by molar-refractivity contribution is -0.384. The van der Waals surface area contributed by atoms with Gasteiger partial charge in [-0.15, -0.1) is 0 Å². The predicted molar refractivity (Wildman–Crippen MR) is 58.3 cm³/mol. The zero-order chi connectivity index (χ0) is 13.1. The average molecular weight is 262 g/mol. The molecule has 1 unspecified atom stereocenters. The van der Waals surface area contributed by atoms with E-state index in [2.05, 4.69) is 9.15 Å². The van der Waals surface area contributed by atoms with Crippen molar-refractivity contribution >= 4 is 13.5 Å². The van der Waals surface area contributed by atoms with Crippen molar-refractivity contribution in [3.8, 4) is 5.75 Å². The van der Waals surface area contributed by atoms with Gasteiger partial charge in [0.25, 0.3) is 5.69 Å². The lowest BCUT2D eigenvalue weighted by Gasteiger charge is -2.15. The van der Waals surface area contributed by atoms with E-state index in [0.29, 0.717) is 0 Å². The third kappa shape index (κ3) is 4.49. The van der Waals surface area contributed by atoms with Gasteiger partial charge in [0.05, 0.1) is 4.92 Å². The van der Waals surface area contributed by atoms with E-state index in [1.54, 1.807) is 0 Å². The minimum Gasteiger partial charge on any atom is -0.403 e. The van der Waals surface area contributed by atoms with Gasteiger partial charge < -0.3 is 4.52 Å². The fraction of sp³-hybridized carbons (Fsp3) is 0.250. The Labute approximate surface area is 97.1 Å². The number of benzene rings is 1. The summed E-state index contributed by atoms with van der Waals surface area (Å²) in [7, 11) is -1.42. The molecule has 8 nitrogen and oxygen atoms in total. The molecule has 0 saturated heterocycles. The fourth-order valence-corrected chi connectivity index (χ4v) is 1.82. The van der Waals surface area contributed by atoms with Gasteiger partial charge in [-0.3, -0.25) is 15.0 Å². The second kappa shape index (κ2) is 5.24. The Kier molecular flexibility index (Phi) is 4.19. The molecule has 0 aromatic heterocycles. The van der Waals surface area contributed by atoms with Crippen LogP contribution in [0.1, 0.15) is 0 Å². The number of non-ortho nitro benzene ring substituents is 1. The van der Waals surface area contributed by atoms with Gasteiger partial charge >= 0.3 is 7.82 Å². The molecule has 9 heteroatoms. The average Bonchev–Trinajstić information content (AvgIpc) is 2.15. The number of phosphoric acid groups is 1.